The van der Waals surface area contributed by atoms with Crippen molar-refractivity contribution in [2.24, 2.45) is 0 Å². The minimum atomic E-state index is -9.09. The zero-order chi connectivity index (χ0) is 27.7. The van der Waals surface area contributed by atoms with Crippen LogP contribution in [0.4, 0.5) is 96.6 Å². The van der Waals surface area contributed by atoms with Crippen LogP contribution in [0.5, 0.6) is 0 Å². The van der Waals surface area contributed by atoms with Crippen LogP contribution >= 0.6 is 0 Å². The van der Waals surface area contributed by atoms with Crippen LogP contribution in [0.1, 0.15) is 0 Å². The molecule has 0 amide bonds. The Morgan fingerprint density at radius 3 is 0.758 bits per heavy atom. The maximum absolute atomic E-state index is 13.8. The van der Waals surface area contributed by atoms with E-state index in [4.69, 9.17) is 0 Å². The summed E-state index contributed by atoms with van der Waals surface area (Å²) in [7, 11) is 0. The fourth-order valence-corrected chi connectivity index (χ4v) is 1.49. The van der Waals surface area contributed by atoms with Crippen LogP contribution in [-0.4, -0.2) is 60.1 Å². The first-order valence-electron chi connectivity index (χ1n) is 6.57. The maximum atomic E-state index is 13.8. The van der Waals surface area contributed by atoms with Gasteiger partial charge in [0.1, 0.15) is 0 Å². The van der Waals surface area contributed by atoms with Crippen molar-refractivity contribution in [2.75, 3.05) is 0 Å². The predicted molar refractivity (Wildman–Crippen MR) is 52.8 cm³/mol. The average molecular weight is 554 g/mol. The number of halogens is 22. The minimum absolute atomic E-state index is 0.779. The molecule has 0 aromatic heterocycles. The largest absolute Gasteiger partial charge is 0.460 e. The Morgan fingerprint density at radius 1 is 0.273 bits per heavy atom. The Labute approximate surface area is 163 Å². The van der Waals surface area contributed by atoms with Crippen molar-refractivity contribution >= 4 is 0 Å². The highest BCUT2D eigenvalue weighted by Crippen LogP contribution is 2.63. The second kappa shape index (κ2) is 7.46. The van der Waals surface area contributed by atoms with Crippen LogP contribution in [0.2, 0.25) is 0 Å². The molecule has 0 aromatic carbocycles. The summed E-state index contributed by atoms with van der Waals surface area (Å²) in [6.45, 7) is 0. The molecule has 0 aliphatic rings. The van der Waals surface area contributed by atoms with E-state index in [0.29, 0.717) is 0 Å². The smallest absolute Gasteiger partial charge is 0.267 e. The molecule has 0 saturated carbocycles. The van der Waals surface area contributed by atoms with Gasteiger partial charge >= 0.3 is 60.1 Å². The van der Waals surface area contributed by atoms with Crippen molar-refractivity contribution in [3.63, 3.8) is 0 Å². The summed E-state index contributed by atoms with van der Waals surface area (Å²) in [5, 5.41) is 0. The van der Waals surface area contributed by atoms with Gasteiger partial charge in [-0.2, -0.15) is 96.6 Å². The zero-order valence-electron chi connectivity index (χ0n) is 13.7. The fraction of sp³-hybridized carbons (Fsp3) is 1.00. The van der Waals surface area contributed by atoms with Crippen molar-refractivity contribution in [1.82, 2.24) is 0 Å². The van der Waals surface area contributed by atoms with Gasteiger partial charge in [-0.3, -0.25) is 4.74 Å². The van der Waals surface area contributed by atoms with E-state index in [-0.39, 0.29) is 0 Å². The van der Waals surface area contributed by atoms with Crippen LogP contribution < -0.4 is 0 Å². The van der Waals surface area contributed by atoms with E-state index in [1.807, 2.05) is 0 Å². The van der Waals surface area contributed by atoms with Gasteiger partial charge < -0.3 is 0 Å². The Hall–Kier alpha value is -1.58. The van der Waals surface area contributed by atoms with E-state index in [0.717, 1.165) is 4.74 Å². The SMILES string of the molecule is FC(F)(F)C(F)(F)C(F)(F)C(F)(F)OC(F)(C(F)(F)C(F)(F)F)C(F)(F)C(F)(F)C(F)(F)F. The molecule has 0 aromatic rings. The molecule has 0 heterocycles. The number of ether oxygens (including phenoxy) is 1. The molecule has 1 nitrogen and oxygen atoms in total. The first-order valence-corrected chi connectivity index (χ1v) is 6.57. The van der Waals surface area contributed by atoms with Gasteiger partial charge in [0.15, 0.2) is 0 Å². The zero-order valence-corrected chi connectivity index (χ0v) is 13.7. The van der Waals surface area contributed by atoms with E-state index < -0.39 is 60.1 Å². The lowest BCUT2D eigenvalue weighted by molar-refractivity contribution is -0.537. The number of hydrogen-bond donors (Lipinski definition) is 0. The first-order chi connectivity index (χ1) is 13.7. The molecule has 0 aliphatic carbocycles. The third-order valence-electron chi connectivity index (χ3n) is 3.30. The Balaban J connectivity index is 7.29. The van der Waals surface area contributed by atoms with Gasteiger partial charge in [0.05, 0.1) is 0 Å². The summed E-state index contributed by atoms with van der Waals surface area (Å²) in [6.07, 6.45) is -33.1. The minimum Gasteiger partial charge on any atom is -0.267 e. The summed E-state index contributed by atoms with van der Waals surface area (Å²) < 4.78 is 278. The van der Waals surface area contributed by atoms with Crippen molar-refractivity contribution in [3.05, 3.63) is 0 Å². The van der Waals surface area contributed by atoms with E-state index in [9.17, 15) is 96.6 Å². The monoisotopic (exact) mass is 554 g/mol. The summed E-state index contributed by atoms with van der Waals surface area (Å²) >= 11 is 0. The lowest BCUT2D eigenvalue weighted by Crippen LogP contribution is -2.75. The van der Waals surface area contributed by atoms with Gasteiger partial charge in [0.25, 0.3) is 0 Å². The summed E-state index contributed by atoms with van der Waals surface area (Å²) in [5.74, 6) is -52.7. The maximum Gasteiger partial charge on any atom is 0.460 e. The van der Waals surface area contributed by atoms with E-state index in [1.54, 1.807) is 0 Å². The molecule has 33 heavy (non-hydrogen) atoms. The first kappa shape index (κ1) is 31.4. The van der Waals surface area contributed by atoms with Crippen molar-refractivity contribution in [1.29, 1.82) is 0 Å². The van der Waals surface area contributed by atoms with Crippen molar-refractivity contribution < 1.29 is 101 Å². The molecule has 0 rings (SSSR count). The van der Waals surface area contributed by atoms with Gasteiger partial charge in [0.2, 0.25) is 0 Å². The number of rotatable bonds is 7. The highest BCUT2D eigenvalue weighted by atomic mass is 19.4. The topological polar surface area (TPSA) is 9.23 Å². The van der Waals surface area contributed by atoms with Crippen molar-refractivity contribution in [3.8, 4) is 0 Å². The Kier molecular flexibility index (Phi) is 7.10. The summed E-state index contributed by atoms with van der Waals surface area (Å²) in [4.78, 5) is 0. The molecule has 0 radical (unpaired) electrons. The van der Waals surface area contributed by atoms with Gasteiger partial charge in [-0.15, -0.1) is 0 Å². The lowest BCUT2D eigenvalue weighted by Gasteiger charge is -2.44. The molecule has 0 saturated heterocycles. The Bertz CT molecular complexity index is 706. The quantitative estimate of drug-likeness (QED) is 0.305. The third-order valence-corrected chi connectivity index (χ3v) is 3.30. The summed E-state index contributed by atoms with van der Waals surface area (Å²) in [5.41, 5.74) is 0. The summed E-state index contributed by atoms with van der Waals surface area (Å²) in [6, 6.07) is 0. The molecule has 1 unspecified atom stereocenters. The average Bonchev–Trinajstić information content (AvgIpc) is 2.50. The van der Waals surface area contributed by atoms with Crippen molar-refractivity contribution in [2.45, 2.75) is 60.1 Å². The molecular formula is C10F22O. The van der Waals surface area contributed by atoms with Gasteiger partial charge in [0, 0.05) is 0 Å². The van der Waals surface area contributed by atoms with E-state index in [1.165, 1.54) is 0 Å². The predicted octanol–water partition coefficient (Wildman–Crippen LogP) is 7.13. The Morgan fingerprint density at radius 2 is 0.515 bits per heavy atom. The third kappa shape index (κ3) is 4.21. The van der Waals surface area contributed by atoms with E-state index >= 15 is 0 Å². The number of hydrogen-bond acceptors (Lipinski definition) is 1. The van der Waals surface area contributed by atoms with Crippen LogP contribution in [0.25, 0.3) is 0 Å². The van der Waals surface area contributed by atoms with Gasteiger partial charge in [-0.25, -0.2) is 0 Å². The van der Waals surface area contributed by atoms with Crippen LogP contribution in [0.15, 0.2) is 0 Å². The second-order valence-corrected chi connectivity index (χ2v) is 5.58. The van der Waals surface area contributed by atoms with Crippen LogP contribution in [-0.2, 0) is 4.74 Å². The van der Waals surface area contributed by atoms with Gasteiger partial charge in [-0.1, -0.05) is 0 Å². The molecular weight excluding hydrogens is 554 g/mol. The molecule has 0 aliphatic heterocycles. The second-order valence-electron chi connectivity index (χ2n) is 5.58. The molecule has 0 spiro atoms. The van der Waals surface area contributed by atoms with E-state index in [2.05, 4.69) is 0 Å². The molecule has 1 atom stereocenters. The normalized spacial score (nSPS) is 18.4. The molecule has 0 N–H and O–H groups in total. The highest BCUT2D eigenvalue weighted by molar-refractivity contribution is 5.11. The highest BCUT2D eigenvalue weighted by Gasteiger charge is 2.94. The standard InChI is InChI=1S/C10F22O/c11-1(12,2(13,14)7(22,23)24)6(21,5(19,20)9(28,29)30)33-10(31,32)4(17,18)3(15,16)8(25,26)27. The van der Waals surface area contributed by atoms with Crippen LogP contribution in [0, 0.1) is 0 Å². The molecule has 200 valence electrons. The molecule has 23 heteroatoms. The molecule has 0 fully saturated rings. The van der Waals surface area contributed by atoms with Crippen LogP contribution in [0.3, 0.4) is 0 Å². The molecule has 0 bridgehead atoms. The van der Waals surface area contributed by atoms with Gasteiger partial charge in [-0.05, 0) is 0 Å². The fourth-order valence-electron chi connectivity index (χ4n) is 1.49. The number of alkyl halides is 22. The lowest BCUT2D eigenvalue weighted by atomic mass is 9.95.